The van der Waals surface area contributed by atoms with Crippen LogP contribution < -0.4 is 0 Å². The fraction of sp³-hybridized carbons (Fsp3) is 0.0714. The summed E-state index contributed by atoms with van der Waals surface area (Å²) in [5, 5.41) is 18.2. The van der Waals surface area contributed by atoms with Gasteiger partial charge < -0.3 is 14.6 Å². The lowest BCUT2D eigenvalue weighted by Gasteiger charge is -2.01. The molecule has 0 atom stereocenters. The summed E-state index contributed by atoms with van der Waals surface area (Å²) < 4.78 is 1.79. The smallest absolute Gasteiger partial charge is 0.197 e. The Balaban J connectivity index is 2.11. The minimum Gasteiger partial charge on any atom is -0.363 e. The van der Waals surface area contributed by atoms with Crippen molar-refractivity contribution in [2.24, 2.45) is 0 Å². The van der Waals surface area contributed by atoms with Crippen LogP contribution in [0.25, 0.3) is 16.8 Å². The van der Waals surface area contributed by atoms with Crippen molar-refractivity contribution in [1.29, 1.82) is 0 Å². The molecular formula is C14H12N2O2. The lowest BCUT2D eigenvalue weighted by Crippen LogP contribution is -1.93. The van der Waals surface area contributed by atoms with Gasteiger partial charge in [0.25, 0.3) is 0 Å². The summed E-state index contributed by atoms with van der Waals surface area (Å²) in [6.07, 6.45) is 2.00. The van der Waals surface area contributed by atoms with Crippen molar-refractivity contribution >= 4 is 5.65 Å². The third-order valence-electron chi connectivity index (χ3n) is 2.84. The molecule has 4 nitrogen and oxygen atoms in total. The van der Waals surface area contributed by atoms with Gasteiger partial charge in [-0.25, -0.2) is 4.98 Å². The summed E-state index contributed by atoms with van der Waals surface area (Å²) in [6, 6.07) is 13.8. The van der Waals surface area contributed by atoms with Crippen LogP contribution in [0.3, 0.4) is 0 Å². The number of aliphatic hydroxyl groups excluding tert-OH is 1. The lowest BCUT2D eigenvalue weighted by molar-refractivity contribution is -0.0454. The molecule has 1 aromatic carbocycles. The fourth-order valence-corrected chi connectivity index (χ4v) is 1.94. The van der Waals surface area contributed by atoms with Gasteiger partial charge in [-0.05, 0) is 23.3 Å². The van der Waals surface area contributed by atoms with Gasteiger partial charge in [-0.2, -0.15) is 0 Å². The second kappa shape index (κ2) is 4.25. The van der Waals surface area contributed by atoms with Crippen LogP contribution in [0.1, 0.15) is 12.0 Å². The number of nitrogens with zero attached hydrogens (tertiary/aromatic N) is 2. The molecule has 90 valence electrons. The normalized spacial score (nSPS) is 11.3. The molecule has 3 aromatic rings. The van der Waals surface area contributed by atoms with Crippen molar-refractivity contribution in [3.8, 4) is 11.1 Å². The highest BCUT2D eigenvalue weighted by Gasteiger charge is 2.08. The Morgan fingerprint density at radius 3 is 2.39 bits per heavy atom. The van der Waals surface area contributed by atoms with Gasteiger partial charge in [0.05, 0.1) is 0 Å². The molecule has 3 rings (SSSR count). The molecule has 2 N–H and O–H groups in total. The molecule has 4 heteroatoms. The number of aliphatic hydroxyl groups is 2. The first-order valence-electron chi connectivity index (χ1n) is 5.64. The first-order valence-corrected chi connectivity index (χ1v) is 5.64. The number of aromatic nitrogens is 2. The maximum atomic E-state index is 9.09. The molecule has 2 heterocycles. The molecule has 0 bridgehead atoms. The van der Waals surface area contributed by atoms with Gasteiger partial charge in [0, 0.05) is 12.4 Å². The first kappa shape index (κ1) is 11.0. The van der Waals surface area contributed by atoms with E-state index in [4.69, 9.17) is 10.2 Å². The number of hydrogen-bond acceptors (Lipinski definition) is 3. The van der Waals surface area contributed by atoms with Crippen LogP contribution in [0.5, 0.6) is 0 Å². The highest BCUT2D eigenvalue weighted by Crippen LogP contribution is 2.20. The summed E-state index contributed by atoms with van der Waals surface area (Å²) in [5.41, 5.74) is 3.11. The third kappa shape index (κ3) is 1.88. The Bertz CT molecular complexity index is 675. The van der Waals surface area contributed by atoms with Crippen molar-refractivity contribution in [2.45, 2.75) is 6.29 Å². The van der Waals surface area contributed by atoms with Crippen molar-refractivity contribution in [1.82, 2.24) is 9.38 Å². The maximum absolute atomic E-state index is 9.09. The van der Waals surface area contributed by atoms with E-state index < -0.39 is 6.29 Å². The van der Waals surface area contributed by atoms with Gasteiger partial charge in [-0.1, -0.05) is 30.3 Å². The van der Waals surface area contributed by atoms with E-state index in [0.717, 1.165) is 11.1 Å². The van der Waals surface area contributed by atoms with E-state index in [2.05, 4.69) is 4.98 Å². The van der Waals surface area contributed by atoms with Crippen LogP contribution in [0.15, 0.2) is 54.9 Å². The molecule has 18 heavy (non-hydrogen) atoms. The van der Waals surface area contributed by atoms with E-state index in [-0.39, 0.29) is 5.69 Å². The average Bonchev–Trinajstić information content (AvgIpc) is 2.82. The van der Waals surface area contributed by atoms with Gasteiger partial charge in [0.15, 0.2) is 6.29 Å². The quantitative estimate of drug-likeness (QED) is 0.673. The summed E-state index contributed by atoms with van der Waals surface area (Å²) in [4.78, 5) is 4.11. The number of imidazole rings is 1. The van der Waals surface area contributed by atoms with Crippen LogP contribution in [0, 0.1) is 0 Å². The molecule has 0 amide bonds. The van der Waals surface area contributed by atoms with E-state index in [0.29, 0.717) is 5.65 Å². The van der Waals surface area contributed by atoms with E-state index in [1.807, 2.05) is 48.7 Å². The molecule has 2 aromatic heterocycles. The van der Waals surface area contributed by atoms with Crippen LogP contribution in [0.2, 0.25) is 0 Å². The highest BCUT2D eigenvalue weighted by molar-refractivity contribution is 5.64. The zero-order valence-corrected chi connectivity index (χ0v) is 9.56. The molecule has 0 fully saturated rings. The van der Waals surface area contributed by atoms with Gasteiger partial charge >= 0.3 is 0 Å². The third-order valence-corrected chi connectivity index (χ3v) is 2.84. The Morgan fingerprint density at radius 1 is 0.889 bits per heavy atom. The van der Waals surface area contributed by atoms with Crippen LogP contribution in [0.4, 0.5) is 0 Å². The van der Waals surface area contributed by atoms with Crippen molar-refractivity contribution in [3.63, 3.8) is 0 Å². The molecule has 0 spiro atoms. The largest absolute Gasteiger partial charge is 0.363 e. The summed E-state index contributed by atoms with van der Waals surface area (Å²) >= 11 is 0. The van der Waals surface area contributed by atoms with Crippen LogP contribution in [-0.4, -0.2) is 19.6 Å². The van der Waals surface area contributed by atoms with Crippen LogP contribution >= 0.6 is 0 Å². The number of rotatable bonds is 2. The lowest BCUT2D eigenvalue weighted by atomic mass is 10.1. The highest BCUT2D eigenvalue weighted by atomic mass is 16.5. The standard InChI is InChI=1S/C14H12N2O2/c17-14(18)12-9-16-8-11(6-7-13(16)15-12)10-4-2-1-3-5-10/h1-9,14,17-18H. The first-order chi connectivity index (χ1) is 8.74. The summed E-state index contributed by atoms with van der Waals surface area (Å²) in [7, 11) is 0. The fourth-order valence-electron chi connectivity index (χ4n) is 1.94. The average molecular weight is 240 g/mol. The molecular weight excluding hydrogens is 228 g/mol. The predicted molar refractivity (Wildman–Crippen MR) is 67.8 cm³/mol. The van der Waals surface area contributed by atoms with Gasteiger partial charge in [0.2, 0.25) is 0 Å². The molecule has 0 aliphatic carbocycles. The number of pyridine rings is 1. The summed E-state index contributed by atoms with van der Waals surface area (Å²) in [6.45, 7) is 0. The van der Waals surface area contributed by atoms with E-state index in [1.54, 1.807) is 10.6 Å². The van der Waals surface area contributed by atoms with E-state index in [9.17, 15) is 0 Å². The number of hydrogen-bond donors (Lipinski definition) is 2. The minimum atomic E-state index is -1.54. The molecule has 0 aliphatic rings. The number of fused-ring (bicyclic) bond motifs is 1. The molecule has 0 aliphatic heterocycles. The van der Waals surface area contributed by atoms with Gasteiger partial charge in [0.1, 0.15) is 11.3 Å². The SMILES string of the molecule is OC(O)c1cn2cc(-c3ccccc3)ccc2n1. The molecule has 0 saturated heterocycles. The van der Waals surface area contributed by atoms with Crippen LogP contribution in [-0.2, 0) is 0 Å². The topological polar surface area (TPSA) is 57.8 Å². The Kier molecular flexibility index (Phi) is 2.59. The molecule has 0 radical (unpaired) electrons. The van der Waals surface area contributed by atoms with Crippen molar-refractivity contribution in [3.05, 3.63) is 60.6 Å². The van der Waals surface area contributed by atoms with Gasteiger partial charge in [-0.15, -0.1) is 0 Å². The Hall–Kier alpha value is -2.17. The maximum Gasteiger partial charge on any atom is 0.197 e. The second-order valence-electron chi connectivity index (χ2n) is 4.09. The Morgan fingerprint density at radius 2 is 1.67 bits per heavy atom. The second-order valence-corrected chi connectivity index (χ2v) is 4.09. The van der Waals surface area contributed by atoms with E-state index >= 15 is 0 Å². The van der Waals surface area contributed by atoms with E-state index in [1.165, 1.54) is 0 Å². The molecule has 0 saturated carbocycles. The predicted octanol–water partition coefficient (Wildman–Crippen LogP) is 1.98. The zero-order valence-electron chi connectivity index (χ0n) is 9.56. The monoisotopic (exact) mass is 240 g/mol. The summed E-state index contributed by atoms with van der Waals surface area (Å²) in [5.74, 6) is 0. The molecule has 0 unspecified atom stereocenters. The van der Waals surface area contributed by atoms with Crippen molar-refractivity contribution < 1.29 is 10.2 Å². The van der Waals surface area contributed by atoms with Crippen molar-refractivity contribution in [2.75, 3.05) is 0 Å². The number of benzene rings is 1. The Labute approximate surface area is 104 Å². The minimum absolute atomic E-state index is 0.250. The zero-order chi connectivity index (χ0) is 12.5. The van der Waals surface area contributed by atoms with Gasteiger partial charge in [-0.3, -0.25) is 0 Å².